The van der Waals surface area contributed by atoms with E-state index in [1.165, 1.54) is 12.1 Å². The van der Waals surface area contributed by atoms with E-state index in [0.29, 0.717) is 49.2 Å². The third-order valence-corrected chi connectivity index (χ3v) is 5.33. The Hall–Kier alpha value is -4.23. The number of non-ortho nitro benzene ring substituents is 1. The van der Waals surface area contributed by atoms with Gasteiger partial charge in [0.05, 0.1) is 34.7 Å². The van der Waals surface area contributed by atoms with Gasteiger partial charge >= 0.3 is 5.97 Å². The van der Waals surface area contributed by atoms with Crippen LogP contribution in [0.5, 0.6) is 0 Å². The summed E-state index contributed by atoms with van der Waals surface area (Å²) in [6.07, 6.45) is 3.07. The standard InChI is InChI=1S/C22H25N7O5/c1-15-21(25-14-30)19(16-7-9-17(10-8-16)29(32)33)20(22(31)34-13-5-11-23)18(27-15)6-3-2-4-12-26-28-24/h7-10,14,19,21H,2-6,12-13H2,1H3,(H,25,30). The second-order valence-corrected chi connectivity index (χ2v) is 7.51. The molecule has 178 valence electrons. The van der Waals surface area contributed by atoms with Gasteiger partial charge in [-0.1, -0.05) is 23.7 Å². The van der Waals surface area contributed by atoms with Gasteiger partial charge in [0.15, 0.2) is 0 Å². The van der Waals surface area contributed by atoms with Crippen LogP contribution < -0.4 is 5.32 Å². The Morgan fingerprint density at radius 1 is 1.38 bits per heavy atom. The number of azide groups is 1. The van der Waals surface area contributed by atoms with Gasteiger partial charge in [-0.2, -0.15) is 5.26 Å². The number of nitro benzene ring substituents is 1. The van der Waals surface area contributed by atoms with Crippen LogP contribution in [-0.2, 0) is 14.3 Å². The number of aliphatic imine (C=N–C) groups is 1. The van der Waals surface area contributed by atoms with Gasteiger partial charge < -0.3 is 10.1 Å². The highest BCUT2D eigenvalue weighted by molar-refractivity contribution is 5.99. The number of nitriles is 1. The first-order valence-electron chi connectivity index (χ1n) is 10.7. The molecule has 2 atom stereocenters. The van der Waals surface area contributed by atoms with Crippen LogP contribution in [0.15, 0.2) is 45.6 Å². The van der Waals surface area contributed by atoms with Crippen molar-refractivity contribution in [2.24, 2.45) is 10.1 Å². The van der Waals surface area contributed by atoms with Crippen molar-refractivity contribution in [3.63, 3.8) is 0 Å². The maximum Gasteiger partial charge on any atom is 0.336 e. The fourth-order valence-corrected chi connectivity index (χ4v) is 3.78. The number of rotatable bonds is 13. The lowest BCUT2D eigenvalue weighted by Crippen LogP contribution is -2.44. The number of ether oxygens (including phenoxy) is 1. The molecule has 12 nitrogen and oxygen atoms in total. The minimum absolute atomic E-state index is 0.0221. The highest BCUT2D eigenvalue weighted by Gasteiger charge is 2.38. The van der Waals surface area contributed by atoms with Gasteiger partial charge in [-0.05, 0) is 37.3 Å². The third-order valence-electron chi connectivity index (χ3n) is 5.33. The van der Waals surface area contributed by atoms with Crippen molar-refractivity contribution in [3.05, 3.63) is 61.7 Å². The van der Waals surface area contributed by atoms with Gasteiger partial charge in [-0.25, -0.2) is 4.79 Å². The van der Waals surface area contributed by atoms with Crippen LogP contribution in [0.1, 0.15) is 50.5 Å². The van der Waals surface area contributed by atoms with Crippen molar-refractivity contribution in [1.82, 2.24) is 5.32 Å². The van der Waals surface area contributed by atoms with Gasteiger partial charge in [0.1, 0.15) is 6.61 Å². The largest absolute Gasteiger partial charge is 0.461 e. The van der Waals surface area contributed by atoms with Gasteiger partial charge in [-0.15, -0.1) is 0 Å². The summed E-state index contributed by atoms with van der Waals surface area (Å²) >= 11 is 0. The molecule has 1 aliphatic heterocycles. The van der Waals surface area contributed by atoms with E-state index in [4.69, 9.17) is 15.5 Å². The molecule has 0 spiro atoms. The molecule has 0 aromatic heterocycles. The number of esters is 1. The van der Waals surface area contributed by atoms with Crippen LogP contribution in [0.3, 0.4) is 0 Å². The Bertz CT molecular complexity index is 1050. The molecule has 2 rings (SSSR count). The minimum atomic E-state index is -0.684. The Morgan fingerprint density at radius 2 is 2.12 bits per heavy atom. The molecule has 0 saturated carbocycles. The molecule has 0 bridgehead atoms. The average molecular weight is 467 g/mol. The van der Waals surface area contributed by atoms with Crippen molar-refractivity contribution in [2.75, 3.05) is 13.2 Å². The number of amides is 1. The summed E-state index contributed by atoms with van der Waals surface area (Å²) in [6, 6.07) is 7.01. The zero-order chi connectivity index (χ0) is 24.9. The fourth-order valence-electron chi connectivity index (χ4n) is 3.78. The number of unbranched alkanes of at least 4 members (excludes halogenated alkanes) is 2. The second-order valence-electron chi connectivity index (χ2n) is 7.51. The molecule has 1 heterocycles. The summed E-state index contributed by atoms with van der Waals surface area (Å²) in [5.41, 5.74) is 10.2. The van der Waals surface area contributed by atoms with Crippen LogP contribution in [0.25, 0.3) is 10.4 Å². The van der Waals surface area contributed by atoms with E-state index >= 15 is 0 Å². The fraction of sp³-hybridized carbons (Fsp3) is 0.455. The summed E-state index contributed by atoms with van der Waals surface area (Å²) in [6.45, 7) is 2.01. The van der Waals surface area contributed by atoms with E-state index < -0.39 is 22.9 Å². The molecule has 1 aromatic carbocycles. The van der Waals surface area contributed by atoms with Crippen LogP contribution in [0.4, 0.5) is 5.69 Å². The van der Waals surface area contributed by atoms with Crippen molar-refractivity contribution in [3.8, 4) is 6.07 Å². The van der Waals surface area contributed by atoms with Gasteiger partial charge in [0.2, 0.25) is 6.41 Å². The molecule has 12 heteroatoms. The van der Waals surface area contributed by atoms with Crippen molar-refractivity contribution >= 4 is 23.8 Å². The number of nitro groups is 1. The number of allylic oxidation sites excluding steroid dienone is 1. The summed E-state index contributed by atoms with van der Waals surface area (Å²) in [7, 11) is 0. The molecule has 0 fully saturated rings. The zero-order valence-corrected chi connectivity index (χ0v) is 18.7. The SMILES string of the molecule is CC1=NC(CCCCCN=[N+]=[N-])=C(C(=O)OCCC#N)C(c2ccc([N+](=O)[O-])cc2)C1NC=O. The van der Waals surface area contributed by atoms with E-state index in [2.05, 4.69) is 20.3 Å². The Labute approximate surface area is 196 Å². The second kappa shape index (κ2) is 13.3. The molecule has 1 aromatic rings. The summed E-state index contributed by atoms with van der Waals surface area (Å²) in [5.74, 6) is -1.34. The molecule has 0 radical (unpaired) electrons. The van der Waals surface area contributed by atoms with E-state index in [1.54, 1.807) is 19.1 Å². The lowest BCUT2D eigenvalue weighted by atomic mass is 9.79. The Kier molecular flexibility index (Phi) is 10.2. The zero-order valence-electron chi connectivity index (χ0n) is 18.7. The molecule has 0 aliphatic carbocycles. The highest BCUT2D eigenvalue weighted by Crippen LogP contribution is 2.38. The van der Waals surface area contributed by atoms with Crippen LogP contribution in [0, 0.1) is 21.4 Å². The maximum absolute atomic E-state index is 13.1. The predicted molar refractivity (Wildman–Crippen MR) is 123 cm³/mol. The smallest absolute Gasteiger partial charge is 0.336 e. The van der Waals surface area contributed by atoms with Crippen molar-refractivity contribution in [2.45, 2.75) is 51.0 Å². The quantitative estimate of drug-likeness (QED) is 0.0671. The number of nitrogens with zero attached hydrogens (tertiary/aromatic N) is 6. The number of carbonyl (C=O) groups is 2. The van der Waals surface area contributed by atoms with E-state index in [1.807, 2.05) is 6.07 Å². The summed E-state index contributed by atoms with van der Waals surface area (Å²) in [4.78, 5) is 42.4. The first-order chi connectivity index (χ1) is 16.4. The third kappa shape index (κ3) is 6.88. The highest BCUT2D eigenvalue weighted by atomic mass is 16.6. The van der Waals surface area contributed by atoms with Crippen LogP contribution in [-0.4, -0.2) is 42.2 Å². The molecule has 1 N–H and O–H groups in total. The molecule has 34 heavy (non-hydrogen) atoms. The lowest BCUT2D eigenvalue weighted by molar-refractivity contribution is -0.384. The summed E-state index contributed by atoms with van der Waals surface area (Å²) in [5, 5.41) is 26.1. The first-order valence-corrected chi connectivity index (χ1v) is 10.7. The molecular weight excluding hydrogens is 442 g/mol. The predicted octanol–water partition coefficient (Wildman–Crippen LogP) is 3.85. The van der Waals surface area contributed by atoms with Crippen molar-refractivity contribution < 1.29 is 19.2 Å². The van der Waals surface area contributed by atoms with Gasteiger partial charge in [0, 0.05) is 35.2 Å². The Balaban J connectivity index is 2.47. The monoisotopic (exact) mass is 467 g/mol. The number of benzene rings is 1. The normalized spacial score (nSPS) is 17.1. The Morgan fingerprint density at radius 3 is 2.74 bits per heavy atom. The number of hydrogen-bond donors (Lipinski definition) is 1. The average Bonchev–Trinajstić information content (AvgIpc) is 2.82. The summed E-state index contributed by atoms with van der Waals surface area (Å²) < 4.78 is 5.32. The van der Waals surface area contributed by atoms with E-state index in [0.717, 1.165) is 6.42 Å². The van der Waals surface area contributed by atoms with E-state index in [-0.39, 0.29) is 24.3 Å². The number of carbonyl (C=O) groups excluding carboxylic acids is 2. The van der Waals surface area contributed by atoms with Gasteiger partial charge in [0.25, 0.3) is 5.69 Å². The number of hydrogen-bond acceptors (Lipinski definition) is 8. The van der Waals surface area contributed by atoms with Crippen LogP contribution in [0.2, 0.25) is 0 Å². The maximum atomic E-state index is 13.1. The lowest BCUT2D eigenvalue weighted by Gasteiger charge is -2.33. The number of nitrogens with one attached hydrogen (secondary N) is 1. The van der Waals surface area contributed by atoms with E-state index in [9.17, 15) is 19.7 Å². The van der Waals surface area contributed by atoms with Crippen LogP contribution >= 0.6 is 0 Å². The molecule has 2 unspecified atom stereocenters. The van der Waals surface area contributed by atoms with Crippen molar-refractivity contribution in [1.29, 1.82) is 5.26 Å². The topological polar surface area (TPSA) is 183 Å². The first kappa shape index (κ1) is 26.0. The molecular formula is C22H25N7O5. The molecule has 0 saturated heterocycles. The molecule has 1 amide bonds. The van der Waals surface area contributed by atoms with Gasteiger partial charge in [-0.3, -0.25) is 19.9 Å². The minimum Gasteiger partial charge on any atom is -0.461 e. The molecule has 1 aliphatic rings.